The van der Waals surface area contributed by atoms with E-state index in [0.717, 1.165) is 16.4 Å². The van der Waals surface area contributed by atoms with Gasteiger partial charge >= 0.3 is 5.97 Å². The van der Waals surface area contributed by atoms with E-state index in [4.69, 9.17) is 5.26 Å². The molecule has 0 saturated heterocycles. The van der Waals surface area contributed by atoms with Crippen molar-refractivity contribution in [3.05, 3.63) is 65.2 Å². The third-order valence-electron chi connectivity index (χ3n) is 3.17. The number of hydrogen-bond donors (Lipinski definition) is 1. The molecule has 4 heteroatoms. The lowest BCUT2D eigenvalue weighted by molar-refractivity contribution is -0.138. The first kappa shape index (κ1) is 14.2. The fourth-order valence-corrected chi connectivity index (χ4v) is 2.57. The molecule has 0 saturated carbocycles. The average Bonchev–Trinajstić information content (AvgIpc) is 2.45. The van der Waals surface area contributed by atoms with Crippen LogP contribution in [0, 0.1) is 11.3 Å². The molecule has 0 aliphatic heterocycles. The Morgan fingerprint density at radius 1 is 1.25 bits per heavy atom. The first-order valence-corrected chi connectivity index (χ1v) is 6.76. The van der Waals surface area contributed by atoms with Crippen LogP contribution in [0.5, 0.6) is 0 Å². The second-order valence-corrected chi connectivity index (χ2v) is 5.16. The normalized spacial score (nSPS) is 11.6. The number of carbonyl (C=O) groups is 1. The molecule has 2 atom stereocenters. The number of nitrogens with zero attached hydrogens (tertiary/aromatic N) is 1. The predicted octanol–water partition coefficient (Wildman–Crippen LogP) is 2.47. The van der Waals surface area contributed by atoms with Crippen LogP contribution in [-0.2, 0) is 11.2 Å². The molecule has 0 aromatic heterocycles. The van der Waals surface area contributed by atoms with Gasteiger partial charge in [0.05, 0.1) is 17.6 Å². The van der Waals surface area contributed by atoms with Gasteiger partial charge in [-0.15, -0.1) is 9.24 Å². The highest BCUT2D eigenvalue weighted by Crippen LogP contribution is 2.22. The fraction of sp³-hybridized carbons (Fsp3) is 0.125. The number of nitriles is 1. The molecule has 2 aromatic rings. The Balaban J connectivity index is 2.34. The molecule has 0 heterocycles. The smallest absolute Gasteiger partial charge is 0.311 e. The van der Waals surface area contributed by atoms with Gasteiger partial charge in [-0.25, -0.2) is 0 Å². The molecule has 0 aliphatic carbocycles. The second kappa shape index (κ2) is 6.32. The van der Waals surface area contributed by atoms with Crippen molar-refractivity contribution in [2.75, 3.05) is 0 Å². The Morgan fingerprint density at radius 3 is 2.65 bits per heavy atom. The molecule has 0 bridgehead atoms. The summed E-state index contributed by atoms with van der Waals surface area (Å²) in [4.78, 5) is 11.5. The highest BCUT2D eigenvalue weighted by atomic mass is 31.0. The van der Waals surface area contributed by atoms with E-state index in [1.54, 1.807) is 18.2 Å². The van der Waals surface area contributed by atoms with Crippen LogP contribution in [-0.4, -0.2) is 11.1 Å². The van der Waals surface area contributed by atoms with Gasteiger partial charge < -0.3 is 5.11 Å². The third kappa shape index (κ3) is 3.23. The van der Waals surface area contributed by atoms with Crippen LogP contribution in [0.4, 0.5) is 0 Å². The maximum Gasteiger partial charge on any atom is 0.311 e. The van der Waals surface area contributed by atoms with Gasteiger partial charge in [0.1, 0.15) is 0 Å². The van der Waals surface area contributed by atoms with Crippen LogP contribution in [0.2, 0.25) is 0 Å². The van der Waals surface area contributed by atoms with Crippen LogP contribution < -0.4 is 5.30 Å². The van der Waals surface area contributed by atoms with Gasteiger partial charge in [-0.3, -0.25) is 4.79 Å². The van der Waals surface area contributed by atoms with E-state index in [1.165, 1.54) is 0 Å². The number of carboxylic acid groups (broad SMARTS) is 1. The highest BCUT2D eigenvalue weighted by molar-refractivity contribution is 7.27. The Kier molecular flexibility index (Phi) is 4.50. The standard InChI is InChI=1S/C16H14NO2P/c17-10-12-5-3-4-11(8-12)9-14(16(18)19)13-6-1-2-7-15(13)20/h1-8,14H,9,20H2,(H,18,19). The summed E-state index contributed by atoms with van der Waals surface area (Å²) in [5.41, 5.74) is 2.18. The summed E-state index contributed by atoms with van der Waals surface area (Å²) in [6, 6.07) is 16.6. The molecule has 0 aliphatic rings. The van der Waals surface area contributed by atoms with Gasteiger partial charge in [0.25, 0.3) is 0 Å². The molecule has 3 nitrogen and oxygen atoms in total. The molecule has 2 rings (SSSR count). The van der Waals surface area contributed by atoms with Crippen molar-refractivity contribution >= 4 is 20.5 Å². The Hall–Kier alpha value is -2.17. The topological polar surface area (TPSA) is 61.1 Å². The maximum atomic E-state index is 11.5. The largest absolute Gasteiger partial charge is 0.481 e. The van der Waals surface area contributed by atoms with E-state index in [1.807, 2.05) is 30.3 Å². The molecule has 1 N–H and O–H groups in total. The zero-order valence-corrected chi connectivity index (χ0v) is 11.9. The Labute approximate surface area is 120 Å². The molecular weight excluding hydrogens is 269 g/mol. The van der Waals surface area contributed by atoms with Crippen molar-refractivity contribution in [2.24, 2.45) is 0 Å². The number of hydrogen-bond acceptors (Lipinski definition) is 2. The van der Waals surface area contributed by atoms with Gasteiger partial charge in [-0.05, 0) is 35.0 Å². The fourth-order valence-electron chi connectivity index (χ4n) is 2.16. The number of rotatable bonds is 4. The lowest BCUT2D eigenvalue weighted by atomic mass is 9.91. The molecular formula is C16H14NO2P. The summed E-state index contributed by atoms with van der Waals surface area (Å²) in [5, 5.41) is 19.2. The lowest BCUT2D eigenvalue weighted by Gasteiger charge is -2.15. The monoisotopic (exact) mass is 283 g/mol. The number of aliphatic carboxylic acids is 1. The third-order valence-corrected chi connectivity index (χ3v) is 3.69. The minimum atomic E-state index is -0.859. The Bertz CT molecular complexity index is 676. The van der Waals surface area contributed by atoms with E-state index < -0.39 is 11.9 Å². The van der Waals surface area contributed by atoms with Crippen molar-refractivity contribution in [3.63, 3.8) is 0 Å². The summed E-state index contributed by atoms with van der Waals surface area (Å²) in [5.74, 6) is -1.47. The molecule has 0 spiro atoms. The van der Waals surface area contributed by atoms with Crippen LogP contribution in [0.15, 0.2) is 48.5 Å². The minimum absolute atomic E-state index is 0.371. The average molecular weight is 283 g/mol. The molecule has 0 fully saturated rings. The van der Waals surface area contributed by atoms with Crippen LogP contribution in [0.3, 0.4) is 0 Å². The quantitative estimate of drug-likeness (QED) is 0.877. The summed E-state index contributed by atoms with van der Waals surface area (Å²) in [6.07, 6.45) is 0.371. The number of carboxylic acids is 1. The van der Waals surface area contributed by atoms with Gasteiger partial charge in [-0.1, -0.05) is 36.4 Å². The van der Waals surface area contributed by atoms with Gasteiger partial charge in [0.2, 0.25) is 0 Å². The lowest BCUT2D eigenvalue weighted by Crippen LogP contribution is -2.19. The highest BCUT2D eigenvalue weighted by Gasteiger charge is 2.21. The Morgan fingerprint density at radius 2 is 2.00 bits per heavy atom. The molecule has 0 amide bonds. The van der Waals surface area contributed by atoms with Crippen molar-refractivity contribution in [3.8, 4) is 6.07 Å². The maximum absolute atomic E-state index is 11.5. The van der Waals surface area contributed by atoms with Gasteiger partial charge in [0, 0.05) is 0 Å². The van der Waals surface area contributed by atoms with Gasteiger partial charge in [-0.2, -0.15) is 5.26 Å². The molecule has 100 valence electrons. The van der Waals surface area contributed by atoms with Crippen molar-refractivity contribution in [1.29, 1.82) is 5.26 Å². The number of benzene rings is 2. The van der Waals surface area contributed by atoms with Crippen LogP contribution in [0.1, 0.15) is 22.6 Å². The zero-order valence-electron chi connectivity index (χ0n) is 10.8. The van der Waals surface area contributed by atoms with Crippen molar-refractivity contribution in [1.82, 2.24) is 0 Å². The molecule has 0 radical (unpaired) electrons. The molecule has 20 heavy (non-hydrogen) atoms. The minimum Gasteiger partial charge on any atom is -0.481 e. The van der Waals surface area contributed by atoms with E-state index in [-0.39, 0.29) is 0 Å². The first-order valence-electron chi connectivity index (χ1n) is 6.18. The molecule has 2 aromatic carbocycles. The van der Waals surface area contributed by atoms with Crippen LogP contribution >= 0.6 is 9.24 Å². The van der Waals surface area contributed by atoms with Crippen molar-refractivity contribution < 1.29 is 9.90 Å². The molecule has 2 unspecified atom stereocenters. The van der Waals surface area contributed by atoms with Crippen molar-refractivity contribution in [2.45, 2.75) is 12.3 Å². The van der Waals surface area contributed by atoms with E-state index in [0.29, 0.717) is 12.0 Å². The predicted molar refractivity (Wildman–Crippen MR) is 81.0 cm³/mol. The first-order chi connectivity index (χ1) is 9.61. The summed E-state index contributed by atoms with van der Waals surface area (Å²) in [6.45, 7) is 0. The van der Waals surface area contributed by atoms with Crippen LogP contribution in [0.25, 0.3) is 0 Å². The second-order valence-electron chi connectivity index (χ2n) is 4.54. The summed E-state index contributed by atoms with van der Waals surface area (Å²) >= 11 is 0. The van der Waals surface area contributed by atoms with E-state index in [2.05, 4.69) is 15.3 Å². The summed E-state index contributed by atoms with van der Waals surface area (Å²) in [7, 11) is 2.57. The van der Waals surface area contributed by atoms with E-state index in [9.17, 15) is 9.90 Å². The van der Waals surface area contributed by atoms with Gasteiger partial charge in [0.15, 0.2) is 0 Å². The SMILES string of the molecule is N#Cc1cccc(CC(C(=O)O)c2ccccc2P)c1. The zero-order chi connectivity index (χ0) is 14.5. The van der Waals surface area contributed by atoms with E-state index >= 15 is 0 Å². The summed E-state index contributed by atoms with van der Waals surface area (Å²) < 4.78 is 0.